The molecule has 0 unspecified atom stereocenters. The van der Waals surface area contributed by atoms with Crippen LogP contribution < -0.4 is 5.32 Å². The Kier molecular flexibility index (Phi) is 6.38. The van der Waals surface area contributed by atoms with E-state index in [0.717, 1.165) is 25.1 Å². The number of carbonyl (C=O) groups is 1. The molecule has 7 heteroatoms. The van der Waals surface area contributed by atoms with Gasteiger partial charge in [0.2, 0.25) is 11.8 Å². The Bertz CT molecular complexity index is 841. The summed E-state index contributed by atoms with van der Waals surface area (Å²) >= 11 is 0. The summed E-state index contributed by atoms with van der Waals surface area (Å²) in [6.07, 6.45) is 3.44. The summed E-state index contributed by atoms with van der Waals surface area (Å²) in [6.45, 7) is 5.58. The Hall–Kier alpha value is -2.93. The molecular formula is C20H24N4O3. The van der Waals surface area contributed by atoms with E-state index < -0.39 is 0 Å². The molecule has 3 rings (SSSR count). The number of aromatic nitrogens is 2. The minimum atomic E-state index is -0.0709. The van der Waals surface area contributed by atoms with Crippen LogP contribution in [0.25, 0.3) is 11.7 Å². The largest absolute Gasteiger partial charge is 0.459 e. The lowest BCUT2D eigenvalue weighted by Crippen LogP contribution is -2.33. The monoisotopic (exact) mass is 368 g/mol. The average molecular weight is 368 g/mol. The van der Waals surface area contributed by atoms with Gasteiger partial charge < -0.3 is 14.2 Å². The van der Waals surface area contributed by atoms with Gasteiger partial charge in [0.1, 0.15) is 0 Å². The number of hydrogen-bond acceptors (Lipinski definition) is 6. The van der Waals surface area contributed by atoms with Crippen LogP contribution in [-0.4, -0.2) is 34.1 Å². The topological polar surface area (TPSA) is 84.4 Å². The number of aryl methyl sites for hydroxylation is 1. The molecule has 1 amide bonds. The Labute approximate surface area is 158 Å². The van der Waals surface area contributed by atoms with Crippen molar-refractivity contribution < 1.29 is 13.6 Å². The number of benzene rings is 1. The van der Waals surface area contributed by atoms with Crippen molar-refractivity contribution in [3.05, 3.63) is 54.1 Å². The van der Waals surface area contributed by atoms with Crippen molar-refractivity contribution in [3.8, 4) is 11.7 Å². The summed E-state index contributed by atoms with van der Waals surface area (Å²) in [5.41, 5.74) is 2.04. The highest BCUT2D eigenvalue weighted by Gasteiger charge is 2.16. The molecule has 0 aliphatic heterocycles. The zero-order valence-corrected chi connectivity index (χ0v) is 15.6. The maximum Gasteiger partial charge on any atom is 0.283 e. The van der Waals surface area contributed by atoms with Gasteiger partial charge >= 0.3 is 0 Å². The molecule has 0 radical (unpaired) electrons. The minimum absolute atomic E-state index is 0.0709. The van der Waals surface area contributed by atoms with Crippen LogP contribution in [-0.2, 0) is 17.8 Å². The fourth-order valence-corrected chi connectivity index (χ4v) is 2.77. The number of rotatable bonds is 9. The zero-order valence-electron chi connectivity index (χ0n) is 15.6. The molecule has 27 heavy (non-hydrogen) atoms. The lowest BCUT2D eigenvalue weighted by Gasteiger charge is -2.19. The van der Waals surface area contributed by atoms with Crippen LogP contribution in [0.1, 0.15) is 31.7 Å². The molecule has 7 nitrogen and oxygen atoms in total. The Balaban J connectivity index is 1.58. The van der Waals surface area contributed by atoms with Crippen molar-refractivity contribution >= 4 is 11.6 Å². The smallest absolute Gasteiger partial charge is 0.283 e. The van der Waals surface area contributed by atoms with Crippen molar-refractivity contribution in [2.75, 3.05) is 18.4 Å². The first kappa shape index (κ1) is 18.8. The Morgan fingerprint density at radius 2 is 1.96 bits per heavy atom. The molecule has 0 atom stereocenters. The van der Waals surface area contributed by atoms with E-state index in [9.17, 15) is 4.79 Å². The third kappa shape index (κ3) is 5.27. The van der Waals surface area contributed by atoms with Gasteiger partial charge in [-0.3, -0.25) is 9.69 Å². The average Bonchev–Trinajstić information content (AvgIpc) is 3.34. The van der Waals surface area contributed by atoms with Crippen LogP contribution in [0.15, 0.2) is 51.5 Å². The van der Waals surface area contributed by atoms with Crippen LogP contribution in [0.2, 0.25) is 0 Å². The van der Waals surface area contributed by atoms with Crippen LogP contribution in [0.3, 0.4) is 0 Å². The summed E-state index contributed by atoms with van der Waals surface area (Å²) < 4.78 is 10.9. The van der Waals surface area contributed by atoms with Crippen molar-refractivity contribution in [2.45, 2.75) is 33.2 Å². The highest BCUT2D eigenvalue weighted by Crippen LogP contribution is 2.18. The number of anilines is 1. The molecule has 0 aliphatic carbocycles. The molecule has 0 saturated heterocycles. The first-order valence-electron chi connectivity index (χ1n) is 9.15. The highest BCUT2D eigenvalue weighted by molar-refractivity contribution is 5.92. The summed E-state index contributed by atoms with van der Waals surface area (Å²) in [5, 5.41) is 11.0. The van der Waals surface area contributed by atoms with Crippen molar-refractivity contribution in [3.63, 3.8) is 0 Å². The van der Waals surface area contributed by atoms with E-state index in [1.54, 1.807) is 18.4 Å². The van der Waals surface area contributed by atoms with Gasteiger partial charge in [-0.25, -0.2) is 0 Å². The lowest BCUT2D eigenvalue weighted by molar-refractivity contribution is -0.117. The lowest BCUT2D eigenvalue weighted by atomic mass is 10.1. The maximum atomic E-state index is 12.4. The van der Waals surface area contributed by atoms with E-state index in [0.29, 0.717) is 24.1 Å². The van der Waals surface area contributed by atoms with E-state index in [4.69, 9.17) is 8.83 Å². The number of nitrogens with zero attached hydrogens (tertiary/aromatic N) is 3. The maximum absolute atomic E-state index is 12.4. The number of carbonyl (C=O) groups excluding carboxylic acids is 1. The molecule has 0 saturated carbocycles. The number of furan rings is 1. The molecular weight excluding hydrogens is 344 g/mol. The number of hydrogen-bond donors (Lipinski definition) is 1. The van der Waals surface area contributed by atoms with Gasteiger partial charge in [-0.05, 0) is 49.2 Å². The summed E-state index contributed by atoms with van der Waals surface area (Å²) in [4.78, 5) is 14.4. The van der Waals surface area contributed by atoms with Gasteiger partial charge in [0, 0.05) is 5.69 Å². The highest BCUT2D eigenvalue weighted by atomic mass is 16.4. The molecule has 0 bridgehead atoms. The molecule has 2 heterocycles. The second kappa shape index (κ2) is 9.14. The van der Waals surface area contributed by atoms with Gasteiger partial charge in [-0.1, -0.05) is 26.0 Å². The quantitative estimate of drug-likeness (QED) is 0.619. The molecule has 0 aliphatic rings. The number of amides is 1. The van der Waals surface area contributed by atoms with Crippen LogP contribution in [0, 0.1) is 0 Å². The van der Waals surface area contributed by atoms with Gasteiger partial charge in [-0.15, -0.1) is 10.2 Å². The fourth-order valence-electron chi connectivity index (χ4n) is 2.77. The standard InChI is InChI=1S/C20H24N4O3/c1-3-11-24(13-18(25)21-16-9-7-15(4-2)8-10-16)14-19-22-23-20(27-19)17-6-5-12-26-17/h5-10,12H,3-4,11,13-14H2,1-2H3,(H,21,25). The summed E-state index contributed by atoms with van der Waals surface area (Å²) in [5.74, 6) is 1.25. The van der Waals surface area contributed by atoms with Crippen LogP contribution in [0.5, 0.6) is 0 Å². The molecule has 0 fully saturated rings. The Morgan fingerprint density at radius 3 is 2.63 bits per heavy atom. The van der Waals surface area contributed by atoms with Crippen LogP contribution in [0.4, 0.5) is 5.69 Å². The predicted octanol–water partition coefficient (Wildman–Crippen LogP) is 3.74. The molecule has 1 aromatic carbocycles. The minimum Gasteiger partial charge on any atom is -0.459 e. The third-order valence-electron chi connectivity index (χ3n) is 4.11. The Morgan fingerprint density at radius 1 is 1.15 bits per heavy atom. The fraction of sp³-hybridized carbons (Fsp3) is 0.350. The van der Waals surface area contributed by atoms with E-state index in [-0.39, 0.29) is 12.5 Å². The predicted molar refractivity (Wildman–Crippen MR) is 102 cm³/mol. The summed E-state index contributed by atoms with van der Waals surface area (Å²) in [7, 11) is 0. The second-order valence-corrected chi connectivity index (χ2v) is 6.29. The molecule has 3 aromatic rings. The van der Waals surface area contributed by atoms with E-state index in [1.165, 1.54) is 5.56 Å². The molecule has 0 spiro atoms. The van der Waals surface area contributed by atoms with E-state index in [1.807, 2.05) is 29.2 Å². The van der Waals surface area contributed by atoms with Gasteiger partial charge in [-0.2, -0.15) is 0 Å². The van der Waals surface area contributed by atoms with Crippen molar-refractivity contribution in [1.82, 2.24) is 15.1 Å². The first-order chi connectivity index (χ1) is 13.2. The SMILES string of the molecule is CCCN(CC(=O)Nc1ccc(CC)cc1)Cc1nnc(-c2ccco2)o1. The normalized spacial score (nSPS) is 11.1. The third-order valence-corrected chi connectivity index (χ3v) is 4.11. The van der Waals surface area contributed by atoms with E-state index >= 15 is 0 Å². The van der Waals surface area contributed by atoms with E-state index in [2.05, 4.69) is 29.4 Å². The molecule has 2 aromatic heterocycles. The van der Waals surface area contributed by atoms with Crippen LogP contribution >= 0.6 is 0 Å². The van der Waals surface area contributed by atoms with Gasteiger partial charge in [0.05, 0.1) is 19.4 Å². The van der Waals surface area contributed by atoms with Gasteiger partial charge in [0.25, 0.3) is 5.89 Å². The number of nitrogens with one attached hydrogen (secondary N) is 1. The summed E-state index contributed by atoms with van der Waals surface area (Å²) in [6, 6.07) is 11.4. The van der Waals surface area contributed by atoms with Crippen molar-refractivity contribution in [2.24, 2.45) is 0 Å². The molecule has 142 valence electrons. The second-order valence-electron chi connectivity index (χ2n) is 6.29. The van der Waals surface area contributed by atoms with Crippen molar-refractivity contribution in [1.29, 1.82) is 0 Å². The molecule has 1 N–H and O–H groups in total. The first-order valence-corrected chi connectivity index (χ1v) is 9.15. The van der Waals surface area contributed by atoms with Gasteiger partial charge in [0.15, 0.2) is 5.76 Å². The zero-order chi connectivity index (χ0) is 19.1.